The van der Waals surface area contributed by atoms with E-state index in [0.29, 0.717) is 0 Å². The van der Waals surface area contributed by atoms with Crippen molar-refractivity contribution in [2.45, 2.75) is 31.9 Å². The van der Waals surface area contributed by atoms with E-state index < -0.39 is 0 Å². The van der Waals surface area contributed by atoms with Gasteiger partial charge in [0.1, 0.15) is 11.4 Å². The van der Waals surface area contributed by atoms with E-state index in [-0.39, 0.29) is 12.1 Å². The monoisotopic (exact) mass is 236 g/mol. The number of methoxy groups -OCH3 is 1. The van der Waals surface area contributed by atoms with Gasteiger partial charge in [0.25, 0.3) is 0 Å². The van der Waals surface area contributed by atoms with Gasteiger partial charge in [-0.2, -0.15) is 0 Å². The molecular formula is C13H20N2O2. The zero-order chi connectivity index (χ0) is 12.1. The first-order chi connectivity index (χ1) is 8.36. The molecule has 4 nitrogen and oxygen atoms in total. The van der Waals surface area contributed by atoms with Crippen LogP contribution in [0.25, 0.3) is 0 Å². The van der Waals surface area contributed by atoms with Gasteiger partial charge in [-0.25, -0.2) is 0 Å². The van der Waals surface area contributed by atoms with Crippen molar-refractivity contribution in [2.24, 2.45) is 0 Å². The van der Waals surface area contributed by atoms with Gasteiger partial charge in [0.15, 0.2) is 0 Å². The standard InChI is InChI=1S/C13H20N2O2/c1-3-14-13(11-7-5-9-17-11)12-10(16-2)6-4-8-15-12/h4,6,8,11,13-14H,3,5,7,9H2,1-2H3. The number of likely N-dealkylation sites (N-methyl/N-ethyl adjacent to an activating group) is 1. The lowest BCUT2D eigenvalue weighted by Gasteiger charge is -2.24. The maximum absolute atomic E-state index is 5.76. The highest BCUT2D eigenvalue weighted by Crippen LogP contribution is 2.30. The van der Waals surface area contributed by atoms with Gasteiger partial charge >= 0.3 is 0 Å². The van der Waals surface area contributed by atoms with Crippen molar-refractivity contribution in [1.82, 2.24) is 10.3 Å². The van der Waals surface area contributed by atoms with E-state index in [1.807, 2.05) is 12.1 Å². The number of hydrogen-bond acceptors (Lipinski definition) is 4. The second-order valence-corrected chi connectivity index (χ2v) is 4.18. The van der Waals surface area contributed by atoms with Crippen LogP contribution >= 0.6 is 0 Å². The van der Waals surface area contributed by atoms with Crippen molar-refractivity contribution in [3.63, 3.8) is 0 Å². The lowest BCUT2D eigenvalue weighted by Crippen LogP contribution is -2.32. The highest BCUT2D eigenvalue weighted by Gasteiger charge is 2.29. The largest absolute Gasteiger partial charge is 0.495 e. The summed E-state index contributed by atoms with van der Waals surface area (Å²) in [5.41, 5.74) is 0.948. The number of nitrogens with zero attached hydrogens (tertiary/aromatic N) is 1. The second-order valence-electron chi connectivity index (χ2n) is 4.18. The van der Waals surface area contributed by atoms with Crippen molar-refractivity contribution >= 4 is 0 Å². The molecule has 0 radical (unpaired) electrons. The molecule has 2 rings (SSSR count). The Hall–Kier alpha value is -1.13. The van der Waals surface area contributed by atoms with Crippen LogP contribution in [0.2, 0.25) is 0 Å². The van der Waals surface area contributed by atoms with E-state index in [2.05, 4.69) is 17.2 Å². The predicted molar refractivity (Wildman–Crippen MR) is 66.2 cm³/mol. The Labute approximate surface area is 102 Å². The van der Waals surface area contributed by atoms with Crippen molar-refractivity contribution in [3.8, 4) is 5.75 Å². The van der Waals surface area contributed by atoms with Gasteiger partial charge in [-0.3, -0.25) is 4.98 Å². The van der Waals surface area contributed by atoms with Crippen LogP contribution in [0.4, 0.5) is 0 Å². The average Bonchev–Trinajstić information content (AvgIpc) is 2.89. The van der Waals surface area contributed by atoms with Crippen LogP contribution in [0.15, 0.2) is 18.3 Å². The molecule has 1 N–H and O–H groups in total. The number of ether oxygens (including phenoxy) is 2. The highest BCUT2D eigenvalue weighted by molar-refractivity contribution is 5.30. The minimum absolute atomic E-state index is 0.124. The summed E-state index contributed by atoms with van der Waals surface area (Å²) in [6.45, 7) is 3.84. The Bertz CT molecular complexity index is 351. The lowest BCUT2D eigenvalue weighted by molar-refractivity contribution is 0.0766. The first-order valence-corrected chi connectivity index (χ1v) is 6.20. The molecule has 2 atom stereocenters. The van der Waals surface area contributed by atoms with Crippen LogP contribution in [-0.2, 0) is 4.74 Å². The molecule has 0 bridgehead atoms. The number of rotatable bonds is 5. The van der Waals surface area contributed by atoms with Crippen LogP contribution in [0, 0.1) is 0 Å². The average molecular weight is 236 g/mol. The fraction of sp³-hybridized carbons (Fsp3) is 0.615. The van der Waals surface area contributed by atoms with Crippen molar-refractivity contribution < 1.29 is 9.47 Å². The molecule has 0 aliphatic carbocycles. The Balaban J connectivity index is 2.24. The number of nitrogens with one attached hydrogen (secondary N) is 1. The molecule has 1 aliphatic rings. The van der Waals surface area contributed by atoms with E-state index in [9.17, 15) is 0 Å². The predicted octanol–water partition coefficient (Wildman–Crippen LogP) is 1.92. The SMILES string of the molecule is CCNC(c1ncccc1OC)C1CCCO1. The molecule has 1 saturated heterocycles. The third kappa shape index (κ3) is 2.76. The van der Waals surface area contributed by atoms with Crippen molar-refractivity contribution in [2.75, 3.05) is 20.3 Å². The molecule has 1 aromatic heterocycles. The summed E-state index contributed by atoms with van der Waals surface area (Å²) >= 11 is 0. The lowest BCUT2D eigenvalue weighted by atomic mass is 10.0. The first-order valence-electron chi connectivity index (χ1n) is 6.20. The third-order valence-corrected chi connectivity index (χ3v) is 3.07. The Morgan fingerprint density at radius 1 is 1.65 bits per heavy atom. The maximum atomic E-state index is 5.76. The topological polar surface area (TPSA) is 43.4 Å². The Kier molecular flexibility index (Phi) is 4.34. The molecule has 17 heavy (non-hydrogen) atoms. The number of pyridine rings is 1. The van der Waals surface area contributed by atoms with E-state index in [0.717, 1.165) is 37.4 Å². The maximum Gasteiger partial charge on any atom is 0.142 e. The zero-order valence-corrected chi connectivity index (χ0v) is 10.5. The highest BCUT2D eigenvalue weighted by atomic mass is 16.5. The molecule has 2 unspecified atom stereocenters. The smallest absolute Gasteiger partial charge is 0.142 e. The van der Waals surface area contributed by atoms with E-state index in [1.165, 1.54) is 0 Å². The van der Waals surface area contributed by atoms with Gasteiger partial charge in [0.05, 0.1) is 19.3 Å². The van der Waals surface area contributed by atoms with E-state index >= 15 is 0 Å². The summed E-state index contributed by atoms with van der Waals surface area (Å²) in [7, 11) is 1.68. The van der Waals surface area contributed by atoms with Crippen LogP contribution in [0.3, 0.4) is 0 Å². The number of hydrogen-bond donors (Lipinski definition) is 1. The fourth-order valence-electron chi connectivity index (χ4n) is 2.30. The third-order valence-electron chi connectivity index (χ3n) is 3.07. The molecule has 0 saturated carbocycles. The number of aromatic nitrogens is 1. The van der Waals surface area contributed by atoms with E-state index in [4.69, 9.17) is 9.47 Å². The molecule has 2 heterocycles. The molecule has 1 fully saturated rings. The summed E-state index contributed by atoms with van der Waals surface area (Å²) in [5, 5.41) is 3.45. The molecule has 0 amide bonds. The van der Waals surface area contributed by atoms with Crippen LogP contribution in [0.5, 0.6) is 5.75 Å². The minimum Gasteiger partial charge on any atom is -0.495 e. The van der Waals surface area contributed by atoms with Crippen LogP contribution in [0.1, 0.15) is 31.5 Å². The van der Waals surface area contributed by atoms with Gasteiger partial charge < -0.3 is 14.8 Å². The van der Waals surface area contributed by atoms with Gasteiger partial charge in [-0.15, -0.1) is 0 Å². The molecule has 0 aromatic carbocycles. The molecule has 1 aromatic rings. The Morgan fingerprint density at radius 2 is 2.53 bits per heavy atom. The Morgan fingerprint density at radius 3 is 3.18 bits per heavy atom. The molecule has 94 valence electrons. The molecular weight excluding hydrogens is 216 g/mol. The zero-order valence-electron chi connectivity index (χ0n) is 10.5. The fourth-order valence-corrected chi connectivity index (χ4v) is 2.30. The van der Waals surface area contributed by atoms with Gasteiger partial charge in [-0.05, 0) is 31.5 Å². The second kappa shape index (κ2) is 5.98. The summed E-state index contributed by atoms with van der Waals surface area (Å²) in [5.74, 6) is 0.828. The van der Waals surface area contributed by atoms with Crippen molar-refractivity contribution in [1.29, 1.82) is 0 Å². The van der Waals surface area contributed by atoms with Gasteiger partial charge in [0.2, 0.25) is 0 Å². The summed E-state index contributed by atoms with van der Waals surface area (Å²) < 4.78 is 11.1. The summed E-state index contributed by atoms with van der Waals surface area (Å²) in [4.78, 5) is 4.45. The van der Waals surface area contributed by atoms with Gasteiger partial charge in [0, 0.05) is 12.8 Å². The normalized spacial score (nSPS) is 21.4. The molecule has 0 spiro atoms. The minimum atomic E-state index is 0.124. The first kappa shape index (κ1) is 12.3. The molecule has 4 heteroatoms. The quantitative estimate of drug-likeness (QED) is 0.848. The molecule has 1 aliphatic heterocycles. The summed E-state index contributed by atoms with van der Waals surface area (Å²) in [6, 6.07) is 3.96. The van der Waals surface area contributed by atoms with E-state index in [1.54, 1.807) is 13.3 Å². The van der Waals surface area contributed by atoms with Gasteiger partial charge in [-0.1, -0.05) is 6.92 Å². The summed E-state index contributed by atoms with van der Waals surface area (Å²) in [6.07, 6.45) is 4.22. The van der Waals surface area contributed by atoms with Crippen LogP contribution in [-0.4, -0.2) is 31.3 Å². The van der Waals surface area contributed by atoms with Crippen LogP contribution < -0.4 is 10.1 Å². The van der Waals surface area contributed by atoms with Crippen molar-refractivity contribution in [3.05, 3.63) is 24.0 Å².